The molecular weight excluding hydrogens is 276 g/mol. The van der Waals surface area contributed by atoms with E-state index in [1.54, 1.807) is 13.8 Å². The van der Waals surface area contributed by atoms with Gasteiger partial charge in [-0.1, -0.05) is 32.9 Å². The number of hydrogen-bond donors (Lipinski definition) is 2. The van der Waals surface area contributed by atoms with Crippen LogP contribution in [0.1, 0.15) is 34.1 Å². The van der Waals surface area contributed by atoms with Crippen molar-refractivity contribution in [1.82, 2.24) is 0 Å². The van der Waals surface area contributed by atoms with Crippen LogP contribution in [-0.4, -0.2) is 30.0 Å². The predicted octanol–water partition coefficient (Wildman–Crippen LogP) is 2.91. The topological polar surface area (TPSA) is 74.6 Å². The summed E-state index contributed by atoms with van der Waals surface area (Å²) in [5.41, 5.74) is 0. The van der Waals surface area contributed by atoms with Crippen molar-refractivity contribution in [1.29, 1.82) is 0 Å². The van der Waals surface area contributed by atoms with Crippen LogP contribution in [0.25, 0.3) is 0 Å². The Morgan fingerprint density at radius 1 is 1.15 bits per heavy atom. The van der Waals surface area contributed by atoms with Crippen molar-refractivity contribution in [3.05, 3.63) is 36.4 Å². The van der Waals surface area contributed by atoms with E-state index in [0.29, 0.717) is 6.42 Å². The van der Waals surface area contributed by atoms with Crippen LogP contribution in [0.5, 0.6) is 5.75 Å². The molecule has 0 aliphatic heterocycles. The molecule has 2 N–H and O–H groups in total. The van der Waals surface area contributed by atoms with Crippen LogP contribution in [0.4, 0.5) is 0 Å². The van der Waals surface area contributed by atoms with E-state index in [1.165, 1.54) is 36.4 Å². The Kier molecular flexibility index (Phi) is 8.18. The summed E-state index contributed by atoms with van der Waals surface area (Å²) >= 11 is 0. The first-order valence-corrected chi connectivity index (χ1v) is 8.32. The van der Waals surface area contributed by atoms with Gasteiger partial charge in [0, 0.05) is 0 Å². The van der Waals surface area contributed by atoms with E-state index in [0.717, 1.165) is 0 Å². The van der Waals surface area contributed by atoms with Crippen LogP contribution < -0.4 is 0 Å². The smallest absolute Gasteiger partial charge is 0.184 e. The quantitative estimate of drug-likeness (QED) is 0.820. The third-order valence-electron chi connectivity index (χ3n) is 2.57. The van der Waals surface area contributed by atoms with Gasteiger partial charge in [0.2, 0.25) is 0 Å². The Morgan fingerprint density at radius 3 is 2.05 bits per heavy atom. The van der Waals surface area contributed by atoms with Crippen molar-refractivity contribution in [3.8, 4) is 5.75 Å². The Hall–Kier alpha value is -1.33. The molecule has 0 bridgehead atoms. The Morgan fingerprint density at radius 2 is 1.65 bits per heavy atom. The van der Waals surface area contributed by atoms with Gasteiger partial charge in [0.05, 0.1) is 16.2 Å². The molecule has 0 aromatic heterocycles. The van der Waals surface area contributed by atoms with Gasteiger partial charge in [-0.25, -0.2) is 8.42 Å². The Balaban J connectivity index is 0.00000172. The number of benzene rings is 1. The van der Waals surface area contributed by atoms with Crippen molar-refractivity contribution in [2.45, 2.75) is 50.4 Å². The lowest BCUT2D eigenvalue weighted by Gasteiger charge is -2.12. The van der Waals surface area contributed by atoms with Crippen molar-refractivity contribution in [2.75, 3.05) is 0 Å². The van der Waals surface area contributed by atoms with E-state index in [-0.39, 0.29) is 10.6 Å². The van der Waals surface area contributed by atoms with E-state index < -0.39 is 21.2 Å². The van der Waals surface area contributed by atoms with Gasteiger partial charge in [0.15, 0.2) is 9.84 Å². The molecule has 5 heteroatoms. The van der Waals surface area contributed by atoms with Crippen LogP contribution in [0.15, 0.2) is 41.3 Å². The molecule has 0 radical (unpaired) electrons. The summed E-state index contributed by atoms with van der Waals surface area (Å²) < 4.78 is 24.5. The van der Waals surface area contributed by atoms with E-state index >= 15 is 0 Å². The molecular formula is C15H24O4S. The lowest BCUT2D eigenvalue weighted by molar-refractivity contribution is 0.244. The van der Waals surface area contributed by atoms with Gasteiger partial charge in [0.25, 0.3) is 0 Å². The van der Waals surface area contributed by atoms with Crippen LogP contribution in [0.2, 0.25) is 0 Å². The third-order valence-corrected chi connectivity index (χ3v) is 4.79. The van der Waals surface area contributed by atoms with Gasteiger partial charge in [0.1, 0.15) is 5.75 Å². The highest BCUT2D eigenvalue weighted by Crippen LogP contribution is 2.21. The molecule has 2 atom stereocenters. The van der Waals surface area contributed by atoms with Crippen LogP contribution in [0.3, 0.4) is 0 Å². The molecule has 1 rings (SSSR count). The van der Waals surface area contributed by atoms with Crippen LogP contribution >= 0.6 is 0 Å². The number of phenols is 1. The van der Waals surface area contributed by atoms with Crippen molar-refractivity contribution in [2.24, 2.45) is 0 Å². The largest absolute Gasteiger partial charge is 0.508 e. The second-order valence-electron chi connectivity index (χ2n) is 4.11. The van der Waals surface area contributed by atoms with Gasteiger partial charge >= 0.3 is 0 Å². The first-order valence-electron chi connectivity index (χ1n) is 6.77. The Bertz CT molecular complexity index is 501. The normalized spacial score (nSPS) is 14.4. The lowest BCUT2D eigenvalue weighted by atomic mass is 10.2. The molecule has 0 saturated heterocycles. The zero-order valence-corrected chi connectivity index (χ0v) is 13.3. The molecule has 1 aromatic carbocycles. The van der Waals surface area contributed by atoms with Crippen molar-refractivity contribution in [3.63, 3.8) is 0 Å². The zero-order chi connectivity index (χ0) is 15.8. The summed E-state index contributed by atoms with van der Waals surface area (Å²) in [6, 6.07) is 5.45. The minimum atomic E-state index is -3.47. The SMILES string of the molecule is CC.CCC(/C=C\C(C)O)S(=O)(=O)c1ccc(O)cc1. The fourth-order valence-corrected chi connectivity index (χ4v) is 3.16. The molecule has 0 aliphatic carbocycles. The molecule has 20 heavy (non-hydrogen) atoms. The summed E-state index contributed by atoms with van der Waals surface area (Å²) in [5, 5.41) is 17.6. The molecule has 0 aliphatic rings. The predicted molar refractivity (Wildman–Crippen MR) is 81.5 cm³/mol. The molecule has 114 valence electrons. The minimum Gasteiger partial charge on any atom is -0.508 e. The summed E-state index contributed by atoms with van der Waals surface area (Å²) in [6.07, 6.45) is 2.72. The molecule has 0 spiro atoms. The average molecular weight is 300 g/mol. The average Bonchev–Trinajstić information content (AvgIpc) is 2.41. The van der Waals surface area contributed by atoms with E-state index in [2.05, 4.69) is 0 Å². The summed E-state index contributed by atoms with van der Waals surface area (Å²) in [4.78, 5) is 0.169. The van der Waals surface area contributed by atoms with E-state index in [1.807, 2.05) is 13.8 Å². The molecule has 0 fully saturated rings. The van der Waals surface area contributed by atoms with Gasteiger partial charge < -0.3 is 10.2 Å². The molecule has 0 saturated carbocycles. The summed E-state index contributed by atoms with van der Waals surface area (Å²) in [7, 11) is -3.47. The summed E-state index contributed by atoms with van der Waals surface area (Å²) in [6.45, 7) is 7.34. The molecule has 0 amide bonds. The second-order valence-corrected chi connectivity index (χ2v) is 6.28. The van der Waals surface area contributed by atoms with Crippen molar-refractivity contribution >= 4 is 9.84 Å². The van der Waals surface area contributed by atoms with Gasteiger partial charge in [-0.15, -0.1) is 0 Å². The standard InChI is InChI=1S/C13H18O4S.C2H6/c1-3-12(7-4-10(2)14)18(16,17)13-8-5-11(15)6-9-13;1-2/h4-10,12,14-15H,3H2,1-2H3;1-2H3/b7-4-;. The highest BCUT2D eigenvalue weighted by molar-refractivity contribution is 7.92. The maximum absolute atomic E-state index is 12.3. The first-order chi connectivity index (χ1) is 9.37. The highest BCUT2D eigenvalue weighted by atomic mass is 32.2. The number of aliphatic hydroxyl groups excluding tert-OH is 1. The van der Waals surface area contributed by atoms with Gasteiger partial charge in [-0.2, -0.15) is 0 Å². The zero-order valence-electron chi connectivity index (χ0n) is 12.4. The number of rotatable bonds is 5. The van der Waals surface area contributed by atoms with E-state index in [9.17, 15) is 8.42 Å². The summed E-state index contributed by atoms with van der Waals surface area (Å²) in [5.74, 6) is 0.0292. The molecule has 0 heterocycles. The fourth-order valence-electron chi connectivity index (χ4n) is 1.55. The lowest BCUT2D eigenvalue weighted by Crippen LogP contribution is -2.18. The first kappa shape index (κ1) is 18.7. The monoisotopic (exact) mass is 300 g/mol. The number of hydrogen-bond acceptors (Lipinski definition) is 4. The van der Waals surface area contributed by atoms with E-state index in [4.69, 9.17) is 10.2 Å². The molecule has 1 aromatic rings. The number of sulfone groups is 1. The van der Waals surface area contributed by atoms with Gasteiger partial charge in [-0.3, -0.25) is 0 Å². The fraction of sp³-hybridized carbons (Fsp3) is 0.467. The van der Waals surface area contributed by atoms with Crippen LogP contribution in [-0.2, 0) is 9.84 Å². The second kappa shape index (κ2) is 8.76. The van der Waals surface area contributed by atoms with Gasteiger partial charge in [-0.05, 0) is 37.6 Å². The molecule has 4 nitrogen and oxygen atoms in total. The Labute approximate surface area is 121 Å². The molecule has 2 unspecified atom stereocenters. The maximum Gasteiger partial charge on any atom is 0.184 e. The maximum atomic E-state index is 12.3. The highest BCUT2D eigenvalue weighted by Gasteiger charge is 2.23. The van der Waals surface area contributed by atoms with Crippen molar-refractivity contribution < 1.29 is 18.6 Å². The number of phenolic OH excluding ortho intramolecular Hbond substituents is 1. The third kappa shape index (κ3) is 5.35. The van der Waals surface area contributed by atoms with Crippen LogP contribution in [0, 0.1) is 0 Å². The number of aromatic hydroxyl groups is 1. The minimum absolute atomic E-state index is 0.0292. The number of aliphatic hydroxyl groups is 1.